The van der Waals surface area contributed by atoms with Crippen LogP contribution < -0.4 is 19.7 Å². The molecule has 1 aliphatic rings. The number of para-hydroxylation sites is 2. The fraction of sp³-hybridized carbons (Fsp3) is 0.174. The SMILES string of the molecule is CCCN1C(=O)C(=c2sc3nc(-c4ccccc4OC(C)=O)nn3c2=O)c2ccccc21. The number of esters is 1. The average Bonchev–Trinajstić information content (AvgIpc) is 3.40. The molecular formula is C23H18N4O4S. The van der Waals surface area contributed by atoms with Gasteiger partial charge in [0, 0.05) is 19.0 Å². The van der Waals surface area contributed by atoms with Crippen LogP contribution in [0.4, 0.5) is 5.69 Å². The monoisotopic (exact) mass is 446 g/mol. The molecule has 32 heavy (non-hydrogen) atoms. The normalized spacial score (nSPS) is 14.8. The van der Waals surface area contributed by atoms with Crippen LogP contribution in [0.5, 0.6) is 5.75 Å². The van der Waals surface area contributed by atoms with Crippen LogP contribution in [0.25, 0.3) is 21.9 Å². The minimum absolute atomic E-state index is 0.185. The molecule has 8 nitrogen and oxygen atoms in total. The molecule has 0 N–H and O–H groups in total. The van der Waals surface area contributed by atoms with Gasteiger partial charge in [-0.05, 0) is 24.6 Å². The Balaban J connectivity index is 1.69. The Kier molecular flexibility index (Phi) is 4.82. The van der Waals surface area contributed by atoms with E-state index in [0.717, 1.165) is 29.0 Å². The highest BCUT2D eigenvalue weighted by atomic mass is 32.1. The van der Waals surface area contributed by atoms with Crippen molar-refractivity contribution in [2.75, 3.05) is 11.4 Å². The van der Waals surface area contributed by atoms with Crippen molar-refractivity contribution in [1.82, 2.24) is 14.6 Å². The molecule has 1 amide bonds. The third-order valence-electron chi connectivity index (χ3n) is 5.14. The number of hydrogen-bond acceptors (Lipinski definition) is 7. The number of carbonyl (C=O) groups excluding carboxylic acids is 2. The molecule has 3 heterocycles. The number of nitrogens with zero attached hydrogens (tertiary/aromatic N) is 4. The standard InChI is InChI=1S/C23H18N4O4S/c1-3-12-26-16-10-6-4-8-14(16)18(21(26)29)19-22(30)27-23(32-19)24-20(25-27)15-9-5-7-11-17(15)31-13(2)28/h4-11H,3,12H2,1-2H3. The predicted octanol–water partition coefficient (Wildman–Crippen LogP) is 2.42. The minimum Gasteiger partial charge on any atom is -0.426 e. The number of aromatic nitrogens is 3. The molecule has 9 heteroatoms. The fourth-order valence-electron chi connectivity index (χ4n) is 3.84. The smallest absolute Gasteiger partial charge is 0.308 e. The largest absolute Gasteiger partial charge is 0.426 e. The fourth-order valence-corrected chi connectivity index (χ4v) is 4.84. The van der Waals surface area contributed by atoms with E-state index in [-0.39, 0.29) is 11.7 Å². The van der Waals surface area contributed by atoms with Crippen LogP contribution in [0.3, 0.4) is 0 Å². The van der Waals surface area contributed by atoms with E-state index in [4.69, 9.17) is 4.74 Å². The van der Waals surface area contributed by atoms with E-state index < -0.39 is 11.5 Å². The van der Waals surface area contributed by atoms with Gasteiger partial charge < -0.3 is 9.64 Å². The summed E-state index contributed by atoms with van der Waals surface area (Å²) < 4.78 is 6.75. The minimum atomic E-state index is -0.461. The first-order chi connectivity index (χ1) is 15.5. The summed E-state index contributed by atoms with van der Waals surface area (Å²) in [7, 11) is 0. The molecule has 0 aliphatic carbocycles. The van der Waals surface area contributed by atoms with Crippen LogP contribution >= 0.6 is 11.3 Å². The van der Waals surface area contributed by atoms with Crippen molar-refractivity contribution >= 4 is 39.4 Å². The lowest BCUT2D eigenvalue weighted by molar-refractivity contribution is -0.131. The van der Waals surface area contributed by atoms with Gasteiger partial charge >= 0.3 is 5.97 Å². The highest BCUT2D eigenvalue weighted by molar-refractivity contribution is 7.15. The lowest BCUT2D eigenvalue weighted by Gasteiger charge is -2.15. The topological polar surface area (TPSA) is 93.9 Å². The number of benzene rings is 2. The van der Waals surface area contributed by atoms with Crippen LogP contribution in [-0.4, -0.2) is 33.0 Å². The second kappa shape index (κ2) is 7.69. The molecule has 4 aromatic rings. The summed E-state index contributed by atoms with van der Waals surface area (Å²) in [5.74, 6) is -0.0605. The van der Waals surface area contributed by atoms with Crippen molar-refractivity contribution in [3.63, 3.8) is 0 Å². The van der Waals surface area contributed by atoms with E-state index in [1.165, 1.54) is 11.4 Å². The molecule has 2 aromatic heterocycles. The number of fused-ring (bicyclic) bond motifs is 2. The highest BCUT2D eigenvalue weighted by Gasteiger charge is 2.33. The molecule has 1 aliphatic heterocycles. The van der Waals surface area contributed by atoms with Crippen molar-refractivity contribution < 1.29 is 14.3 Å². The second-order valence-corrected chi connectivity index (χ2v) is 8.28. The number of ether oxygens (including phenoxy) is 1. The molecule has 2 aromatic carbocycles. The average molecular weight is 446 g/mol. The molecule has 0 radical (unpaired) electrons. The molecule has 0 saturated heterocycles. The Morgan fingerprint density at radius 2 is 1.78 bits per heavy atom. The van der Waals surface area contributed by atoms with E-state index in [1.807, 2.05) is 31.2 Å². The van der Waals surface area contributed by atoms with Gasteiger partial charge in [0.2, 0.25) is 4.96 Å². The first-order valence-corrected chi connectivity index (χ1v) is 10.9. The van der Waals surface area contributed by atoms with Gasteiger partial charge in [0.15, 0.2) is 5.82 Å². The summed E-state index contributed by atoms with van der Waals surface area (Å²) in [6.07, 6.45) is 0.804. The summed E-state index contributed by atoms with van der Waals surface area (Å²) >= 11 is 1.13. The van der Waals surface area contributed by atoms with E-state index in [0.29, 0.717) is 32.9 Å². The van der Waals surface area contributed by atoms with Gasteiger partial charge in [-0.25, -0.2) is 0 Å². The summed E-state index contributed by atoms with van der Waals surface area (Å²) in [6, 6.07) is 14.3. The Morgan fingerprint density at radius 3 is 2.50 bits per heavy atom. The predicted molar refractivity (Wildman–Crippen MR) is 121 cm³/mol. The molecule has 0 saturated carbocycles. The van der Waals surface area contributed by atoms with Gasteiger partial charge in [-0.2, -0.15) is 9.50 Å². The maximum atomic E-state index is 13.2. The van der Waals surface area contributed by atoms with Gasteiger partial charge in [0.05, 0.1) is 16.8 Å². The Hall–Kier alpha value is -3.85. The van der Waals surface area contributed by atoms with Crippen LogP contribution in [-0.2, 0) is 9.59 Å². The summed E-state index contributed by atoms with van der Waals surface area (Å²) in [5.41, 5.74) is 2.05. The van der Waals surface area contributed by atoms with Crippen molar-refractivity contribution in [3.8, 4) is 17.1 Å². The maximum Gasteiger partial charge on any atom is 0.308 e. The van der Waals surface area contributed by atoms with Gasteiger partial charge in [-0.1, -0.05) is 48.6 Å². The van der Waals surface area contributed by atoms with E-state index in [1.54, 1.807) is 29.2 Å². The number of thiazole rings is 1. The molecule has 0 atom stereocenters. The summed E-state index contributed by atoms with van der Waals surface area (Å²) in [4.78, 5) is 44.4. The van der Waals surface area contributed by atoms with Crippen LogP contribution in [0.2, 0.25) is 0 Å². The lowest BCUT2D eigenvalue weighted by Crippen LogP contribution is -2.32. The maximum absolute atomic E-state index is 13.2. The van der Waals surface area contributed by atoms with Crippen molar-refractivity contribution in [2.45, 2.75) is 20.3 Å². The molecule has 160 valence electrons. The number of anilines is 1. The van der Waals surface area contributed by atoms with Gasteiger partial charge in [0.1, 0.15) is 10.3 Å². The van der Waals surface area contributed by atoms with E-state index >= 15 is 0 Å². The molecular weight excluding hydrogens is 428 g/mol. The zero-order chi connectivity index (χ0) is 22.4. The summed E-state index contributed by atoms with van der Waals surface area (Å²) in [5, 5.41) is 4.35. The Labute approximate surface area is 186 Å². The number of carbonyl (C=O) groups is 2. The molecule has 0 spiro atoms. The van der Waals surface area contributed by atoms with Crippen molar-refractivity contribution in [2.24, 2.45) is 0 Å². The third kappa shape index (κ3) is 3.09. The van der Waals surface area contributed by atoms with Crippen LogP contribution in [0.15, 0.2) is 53.3 Å². The van der Waals surface area contributed by atoms with E-state index in [2.05, 4.69) is 10.1 Å². The van der Waals surface area contributed by atoms with Gasteiger partial charge in [0.25, 0.3) is 11.5 Å². The zero-order valence-electron chi connectivity index (χ0n) is 17.4. The van der Waals surface area contributed by atoms with Crippen molar-refractivity contribution in [1.29, 1.82) is 0 Å². The van der Waals surface area contributed by atoms with Crippen LogP contribution in [0, 0.1) is 0 Å². The summed E-state index contributed by atoms with van der Waals surface area (Å²) in [6.45, 7) is 3.89. The molecule has 5 rings (SSSR count). The van der Waals surface area contributed by atoms with Crippen LogP contribution in [0.1, 0.15) is 25.8 Å². The van der Waals surface area contributed by atoms with Gasteiger partial charge in [-0.15, -0.1) is 5.10 Å². The molecule has 0 fully saturated rings. The number of hydrogen-bond donors (Lipinski definition) is 0. The zero-order valence-corrected chi connectivity index (χ0v) is 18.2. The first kappa shape index (κ1) is 20.1. The van der Waals surface area contributed by atoms with Crippen molar-refractivity contribution in [3.05, 3.63) is 69.0 Å². The number of amides is 1. The quantitative estimate of drug-likeness (QED) is 0.353. The number of rotatable bonds is 4. The highest BCUT2D eigenvalue weighted by Crippen LogP contribution is 2.35. The van der Waals surface area contributed by atoms with E-state index in [9.17, 15) is 14.4 Å². The van der Waals surface area contributed by atoms with Gasteiger partial charge in [-0.3, -0.25) is 14.4 Å². The third-order valence-corrected chi connectivity index (χ3v) is 6.17. The molecule has 0 bridgehead atoms. The Bertz CT molecular complexity index is 1500. The molecule has 0 unspecified atom stereocenters. The lowest BCUT2D eigenvalue weighted by atomic mass is 10.1. The Morgan fingerprint density at radius 1 is 1.06 bits per heavy atom. The second-order valence-electron chi connectivity index (χ2n) is 7.30. The first-order valence-electron chi connectivity index (χ1n) is 10.1.